The molecule has 0 N–H and O–H groups in total. The summed E-state index contributed by atoms with van der Waals surface area (Å²) in [6, 6.07) is 0.652. The molecule has 0 bridgehead atoms. The second-order valence-corrected chi connectivity index (χ2v) is 3.29. The molecule has 1 aromatic rings. The summed E-state index contributed by atoms with van der Waals surface area (Å²) < 4.78 is 44.3. The summed E-state index contributed by atoms with van der Waals surface area (Å²) in [5, 5.41) is 9.17. The van der Waals surface area contributed by atoms with Crippen LogP contribution in [0.5, 0.6) is 11.8 Å². The number of hydrogen-bond acceptors (Lipinski definition) is 6. The number of hydrogen-bond donors (Lipinski definition) is 0. The number of methoxy groups -OCH3 is 1. The van der Waals surface area contributed by atoms with Gasteiger partial charge in [-0.3, -0.25) is 14.9 Å². The molecule has 19 heavy (non-hydrogen) atoms. The number of carbonyl (C=O) groups excluding carboxylic acids is 1. The van der Waals surface area contributed by atoms with Gasteiger partial charge in [0.1, 0.15) is 0 Å². The first-order valence-corrected chi connectivity index (χ1v) is 4.72. The summed E-state index contributed by atoms with van der Waals surface area (Å²) in [6.45, 7) is 0. The molecule has 0 aliphatic carbocycles. The van der Waals surface area contributed by atoms with Crippen molar-refractivity contribution in [3.8, 4) is 11.8 Å². The molecule has 0 unspecified atom stereocenters. The van der Waals surface area contributed by atoms with Crippen LogP contribution in [0.25, 0.3) is 0 Å². The second-order valence-electron chi connectivity index (χ2n) is 2.94. The van der Waals surface area contributed by atoms with E-state index < -0.39 is 39.5 Å². The lowest BCUT2D eigenvalue weighted by atomic mass is 10.2. The van der Waals surface area contributed by atoms with Crippen LogP contribution >= 0.6 is 11.6 Å². The summed E-state index contributed by atoms with van der Waals surface area (Å²) in [5.74, 6) is -1.88. The van der Waals surface area contributed by atoms with E-state index in [1.807, 2.05) is 0 Å². The number of nitro groups is 1. The van der Waals surface area contributed by atoms with Crippen molar-refractivity contribution in [1.82, 2.24) is 4.98 Å². The average Bonchev–Trinajstić information content (AvgIpc) is 2.24. The molecule has 104 valence electrons. The molecule has 0 atom stereocenters. The highest BCUT2D eigenvalue weighted by atomic mass is 35.5. The Morgan fingerprint density at radius 1 is 1.53 bits per heavy atom. The van der Waals surface area contributed by atoms with E-state index in [4.69, 9.17) is 11.6 Å². The van der Waals surface area contributed by atoms with Crippen molar-refractivity contribution < 1.29 is 32.4 Å². The molecule has 1 heterocycles. The van der Waals surface area contributed by atoms with Gasteiger partial charge < -0.3 is 9.47 Å². The normalized spacial score (nSPS) is 11.0. The monoisotopic (exact) mass is 300 g/mol. The first-order chi connectivity index (χ1) is 8.65. The Hall–Kier alpha value is -2.10. The minimum atomic E-state index is -5.20. The lowest BCUT2D eigenvalue weighted by Crippen LogP contribution is -2.20. The van der Waals surface area contributed by atoms with Gasteiger partial charge >= 0.3 is 6.36 Å². The summed E-state index contributed by atoms with van der Waals surface area (Å²) in [6.07, 6.45) is -5.20. The molecule has 0 spiro atoms. The molecule has 0 radical (unpaired) electrons. The van der Waals surface area contributed by atoms with Crippen LogP contribution in [-0.2, 0) is 0 Å². The highest BCUT2D eigenvalue weighted by Crippen LogP contribution is 2.34. The van der Waals surface area contributed by atoms with Gasteiger partial charge in [0.2, 0.25) is 11.8 Å². The van der Waals surface area contributed by atoms with Crippen molar-refractivity contribution in [2.45, 2.75) is 6.36 Å². The number of aromatic nitrogens is 1. The van der Waals surface area contributed by atoms with E-state index in [-0.39, 0.29) is 0 Å². The van der Waals surface area contributed by atoms with E-state index in [1.54, 1.807) is 0 Å². The van der Waals surface area contributed by atoms with Gasteiger partial charge in [0.05, 0.1) is 18.1 Å². The Bertz CT molecular complexity index is 534. The number of ether oxygens (including phenoxy) is 2. The van der Waals surface area contributed by atoms with E-state index >= 15 is 0 Å². The topological polar surface area (TPSA) is 91.6 Å². The highest BCUT2D eigenvalue weighted by Gasteiger charge is 2.37. The Balaban J connectivity index is 3.53. The predicted octanol–water partition coefficient (Wildman–Crippen LogP) is 2.28. The molecule has 0 saturated carbocycles. The average molecular weight is 301 g/mol. The largest absolute Gasteiger partial charge is 0.574 e. The molecule has 0 aliphatic heterocycles. The smallest absolute Gasteiger partial charge is 0.481 e. The van der Waals surface area contributed by atoms with Crippen LogP contribution in [0.2, 0.25) is 0 Å². The van der Waals surface area contributed by atoms with Crippen LogP contribution in [0, 0.1) is 10.1 Å². The van der Waals surface area contributed by atoms with E-state index in [1.165, 1.54) is 0 Å². The number of carbonyl (C=O) groups is 1. The van der Waals surface area contributed by atoms with Crippen molar-refractivity contribution in [3.63, 3.8) is 0 Å². The van der Waals surface area contributed by atoms with Gasteiger partial charge in [-0.25, -0.2) is 0 Å². The summed E-state index contributed by atoms with van der Waals surface area (Å²) in [4.78, 5) is 23.8. The van der Waals surface area contributed by atoms with Crippen molar-refractivity contribution in [2.24, 2.45) is 0 Å². The molecule has 0 fully saturated rings. The first kappa shape index (κ1) is 15.0. The molecule has 11 heteroatoms. The van der Waals surface area contributed by atoms with Gasteiger partial charge in [0, 0.05) is 0 Å². The minimum Gasteiger partial charge on any atom is -0.481 e. The predicted molar refractivity (Wildman–Crippen MR) is 54.3 cm³/mol. The molecule has 0 aliphatic rings. The fraction of sp³-hybridized carbons (Fsp3) is 0.250. The molecule has 1 rings (SSSR count). The van der Waals surface area contributed by atoms with E-state index in [0.717, 1.165) is 7.11 Å². The number of alkyl halides is 3. The number of halogens is 4. The van der Waals surface area contributed by atoms with Crippen molar-refractivity contribution in [3.05, 3.63) is 21.7 Å². The van der Waals surface area contributed by atoms with Crippen LogP contribution < -0.4 is 9.47 Å². The summed E-state index contributed by atoms with van der Waals surface area (Å²) in [5.41, 5.74) is -2.11. The zero-order valence-corrected chi connectivity index (χ0v) is 9.78. The van der Waals surface area contributed by atoms with Gasteiger partial charge in [-0.15, -0.1) is 13.2 Å². The first-order valence-electron chi connectivity index (χ1n) is 4.34. The maximum atomic E-state index is 12.1. The minimum absolute atomic E-state index is 0.535. The van der Waals surface area contributed by atoms with Crippen LogP contribution in [0.4, 0.5) is 18.9 Å². The number of rotatable bonds is 4. The Labute approximate surface area is 108 Å². The van der Waals surface area contributed by atoms with Gasteiger partial charge in [-0.2, -0.15) is 4.98 Å². The molecule has 0 aromatic carbocycles. The molecule has 1 aromatic heterocycles. The lowest BCUT2D eigenvalue weighted by molar-refractivity contribution is -0.385. The molecular formula is C8H4ClF3N2O5. The summed E-state index contributed by atoms with van der Waals surface area (Å²) in [7, 11) is 1.02. The van der Waals surface area contributed by atoms with Crippen LogP contribution in [0.3, 0.4) is 0 Å². The third-order valence-corrected chi connectivity index (χ3v) is 1.95. The van der Waals surface area contributed by atoms with Crippen LogP contribution in [0.1, 0.15) is 10.4 Å². The number of nitrogens with zero attached hydrogens (tertiary/aromatic N) is 2. The lowest BCUT2D eigenvalue weighted by Gasteiger charge is -2.11. The third-order valence-electron chi connectivity index (χ3n) is 1.76. The Kier molecular flexibility index (Phi) is 4.14. The molecular weight excluding hydrogens is 297 g/mol. The van der Waals surface area contributed by atoms with Crippen molar-refractivity contribution in [2.75, 3.05) is 7.11 Å². The fourth-order valence-corrected chi connectivity index (χ4v) is 1.28. The highest BCUT2D eigenvalue weighted by molar-refractivity contribution is 6.68. The van der Waals surface area contributed by atoms with Crippen LogP contribution in [-0.4, -0.2) is 28.6 Å². The maximum absolute atomic E-state index is 12.1. The third kappa shape index (κ3) is 3.68. The summed E-state index contributed by atoms with van der Waals surface area (Å²) >= 11 is 5.01. The molecule has 0 saturated heterocycles. The van der Waals surface area contributed by atoms with Gasteiger partial charge in [-0.05, 0) is 11.6 Å². The van der Waals surface area contributed by atoms with E-state index in [9.17, 15) is 28.1 Å². The number of pyridine rings is 1. The fourth-order valence-electron chi connectivity index (χ4n) is 1.10. The zero-order valence-electron chi connectivity index (χ0n) is 9.02. The van der Waals surface area contributed by atoms with E-state index in [2.05, 4.69) is 14.5 Å². The Morgan fingerprint density at radius 2 is 2.11 bits per heavy atom. The molecule has 0 amide bonds. The Morgan fingerprint density at radius 3 is 2.47 bits per heavy atom. The van der Waals surface area contributed by atoms with Crippen molar-refractivity contribution >= 4 is 22.5 Å². The maximum Gasteiger partial charge on any atom is 0.574 e. The standard InChI is InChI=1S/C8H4ClF3N2O5/c1-18-4-2-3(14(16)17)5(6(9)15)7(13-4)19-8(10,11)12/h2H,1H3. The van der Waals surface area contributed by atoms with Gasteiger partial charge in [0.15, 0.2) is 5.56 Å². The second kappa shape index (κ2) is 5.26. The van der Waals surface area contributed by atoms with Crippen LogP contribution in [0.15, 0.2) is 6.07 Å². The van der Waals surface area contributed by atoms with Gasteiger partial charge in [0.25, 0.3) is 10.9 Å². The zero-order chi connectivity index (χ0) is 14.8. The van der Waals surface area contributed by atoms with E-state index in [0.29, 0.717) is 6.07 Å². The van der Waals surface area contributed by atoms with Gasteiger partial charge in [-0.1, -0.05) is 0 Å². The quantitative estimate of drug-likeness (QED) is 0.481. The molecule has 7 nitrogen and oxygen atoms in total. The van der Waals surface area contributed by atoms with Crippen molar-refractivity contribution in [1.29, 1.82) is 0 Å². The SMILES string of the molecule is COc1cc([N+](=O)[O-])c(C(=O)Cl)c(OC(F)(F)F)n1.